The van der Waals surface area contributed by atoms with Gasteiger partial charge in [-0.25, -0.2) is 18.6 Å². The SMILES string of the molecule is CC(C)C[C@H](NC(=O)c1ccc(-c2ccc(Nc3nc4ccc(F)cc4s3)c(F)c2)cc1)C(=O)O. The number of fused-ring (bicyclic) bond motifs is 1. The van der Waals surface area contributed by atoms with Crippen molar-refractivity contribution < 1.29 is 23.5 Å². The number of carboxylic acid groups (broad SMARTS) is 1. The van der Waals surface area contributed by atoms with Crippen LogP contribution < -0.4 is 10.6 Å². The van der Waals surface area contributed by atoms with Gasteiger partial charge in [-0.15, -0.1) is 0 Å². The molecular weight excluding hydrogens is 472 g/mol. The van der Waals surface area contributed by atoms with Gasteiger partial charge in [0.1, 0.15) is 17.7 Å². The summed E-state index contributed by atoms with van der Waals surface area (Å²) in [6, 6.07) is 14.5. The number of anilines is 2. The molecule has 0 unspecified atom stereocenters. The summed E-state index contributed by atoms with van der Waals surface area (Å²) in [5.41, 5.74) is 2.47. The Hall–Kier alpha value is -3.85. The number of aliphatic carboxylic acids is 1. The van der Waals surface area contributed by atoms with E-state index in [2.05, 4.69) is 15.6 Å². The van der Waals surface area contributed by atoms with E-state index in [1.165, 1.54) is 29.5 Å². The number of halogens is 2. The normalized spacial score (nSPS) is 12.0. The second-order valence-electron chi connectivity index (χ2n) is 8.52. The van der Waals surface area contributed by atoms with Crippen molar-refractivity contribution in [3.8, 4) is 11.1 Å². The number of hydrogen-bond donors (Lipinski definition) is 3. The lowest BCUT2D eigenvalue weighted by Crippen LogP contribution is -2.41. The number of carboxylic acids is 1. The molecule has 1 aromatic heterocycles. The molecule has 0 aliphatic rings. The van der Waals surface area contributed by atoms with Crippen LogP contribution in [0.25, 0.3) is 21.3 Å². The molecule has 0 spiro atoms. The summed E-state index contributed by atoms with van der Waals surface area (Å²) in [7, 11) is 0. The van der Waals surface area contributed by atoms with Gasteiger partial charge in [0.25, 0.3) is 5.91 Å². The number of nitrogens with zero attached hydrogens (tertiary/aromatic N) is 1. The maximum atomic E-state index is 14.8. The third kappa shape index (κ3) is 5.81. The van der Waals surface area contributed by atoms with E-state index >= 15 is 0 Å². The van der Waals surface area contributed by atoms with Crippen molar-refractivity contribution in [1.29, 1.82) is 0 Å². The van der Waals surface area contributed by atoms with Crippen LogP contribution in [-0.4, -0.2) is 28.0 Å². The van der Waals surface area contributed by atoms with E-state index in [9.17, 15) is 23.5 Å². The van der Waals surface area contributed by atoms with Crippen LogP contribution in [0.1, 0.15) is 30.6 Å². The summed E-state index contributed by atoms with van der Waals surface area (Å²) >= 11 is 1.23. The number of benzene rings is 3. The summed E-state index contributed by atoms with van der Waals surface area (Å²) in [5, 5.41) is 15.3. The summed E-state index contributed by atoms with van der Waals surface area (Å²) in [4.78, 5) is 28.2. The Morgan fingerprint density at radius 3 is 2.37 bits per heavy atom. The molecule has 0 radical (unpaired) electrons. The summed E-state index contributed by atoms with van der Waals surface area (Å²) in [5.74, 6) is -2.29. The average molecular weight is 496 g/mol. The molecule has 9 heteroatoms. The van der Waals surface area contributed by atoms with Gasteiger partial charge in [-0.1, -0.05) is 43.4 Å². The number of nitrogens with one attached hydrogen (secondary N) is 2. The highest BCUT2D eigenvalue weighted by molar-refractivity contribution is 7.22. The number of rotatable bonds is 8. The maximum Gasteiger partial charge on any atom is 0.326 e. The van der Waals surface area contributed by atoms with Crippen molar-refractivity contribution in [2.45, 2.75) is 26.3 Å². The van der Waals surface area contributed by atoms with E-state index in [1.54, 1.807) is 42.5 Å². The fourth-order valence-corrected chi connectivity index (χ4v) is 4.51. The van der Waals surface area contributed by atoms with Gasteiger partial charge < -0.3 is 15.7 Å². The Kier molecular flexibility index (Phi) is 7.07. The number of carbonyl (C=O) groups excluding carboxylic acids is 1. The molecule has 0 fully saturated rings. The molecular formula is C26H23F2N3O3S. The second kappa shape index (κ2) is 10.2. The van der Waals surface area contributed by atoms with E-state index in [4.69, 9.17) is 0 Å². The first kappa shape index (κ1) is 24.3. The highest BCUT2D eigenvalue weighted by Gasteiger charge is 2.21. The minimum absolute atomic E-state index is 0.115. The number of aromatic nitrogens is 1. The van der Waals surface area contributed by atoms with Crippen molar-refractivity contribution in [2.75, 3.05) is 5.32 Å². The molecule has 1 atom stereocenters. The van der Waals surface area contributed by atoms with E-state index in [0.717, 1.165) is 0 Å². The van der Waals surface area contributed by atoms with Crippen LogP contribution in [0, 0.1) is 17.6 Å². The molecule has 6 nitrogen and oxygen atoms in total. The van der Waals surface area contributed by atoms with Crippen molar-refractivity contribution in [3.05, 3.63) is 77.9 Å². The van der Waals surface area contributed by atoms with Gasteiger partial charge in [-0.05, 0) is 65.9 Å². The lowest BCUT2D eigenvalue weighted by Gasteiger charge is -2.16. The summed E-state index contributed by atoms with van der Waals surface area (Å²) in [6.45, 7) is 3.77. The molecule has 4 aromatic rings. The van der Waals surface area contributed by atoms with Crippen molar-refractivity contribution >= 4 is 44.2 Å². The first-order valence-electron chi connectivity index (χ1n) is 11.0. The number of hydrogen-bond acceptors (Lipinski definition) is 5. The fraction of sp³-hybridized carbons (Fsp3) is 0.192. The Morgan fingerprint density at radius 1 is 1.00 bits per heavy atom. The fourth-order valence-electron chi connectivity index (χ4n) is 3.61. The average Bonchev–Trinajstić information content (AvgIpc) is 3.21. The quantitative estimate of drug-likeness (QED) is 0.270. The number of carbonyl (C=O) groups is 2. The van der Waals surface area contributed by atoms with Crippen LogP contribution in [0.3, 0.4) is 0 Å². The second-order valence-corrected chi connectivity index (χ2v) is 9.55. The molecule has 35 heavy (non-hydrogen) atoms. The minimum Gasteiger partial charge on any atom is -0.480 e. The van der Waals surface area contributed by atoms with Gasteiger partial charge in [0.15, 0.2) is 5.13 Å². The molecule has 3 N–H and O–H groups in total. The molecule has 0 saturated heterocycles. The monoisotopic (exact) mass is 495 g/mol. The highest BCUT2D eigenvalue weighted by Crippen LogP contribution is 2.31. The van der Waals surface area contributed by atoms with Gasteiger partial charge in [-0.3, -0.25) is 4.79 Å². The first-order valence-corrected chi connectivity index (χ1v) is 11.8. The van der Waals surface area contributed by atoms with Gasteiger partial charge in [-0.2, -0.15) is 0 Å². The molecule has 3 aromatic carbocycles. The highest BCUT2D eigenvalue weighted by atomic mass is 32.1. The van der Waals surface area contributed by atoms with E-state index < -0.39 is 23.7 Å². The van der Waals surface area contributed by atoms with E-state index in [-0.39, 0.29) is 17.4 Å². The van der Waals surface area contributed by atoms with Crippen LogP contribution in [0.4, 0.5) is 19.6 Å². The topological polar surface area (TPSA) is 91.3 Å². The maximum absolute atomic E-state index is 14.8. The summed E-state index contributed by atoms with van der Waals surface area (Å²) < 4.78 is 28.9. The third-order valence-corrected chi connectivity index (χ3v) is 6.29. The van der Waals surface area contributed by atoms with Crippen LogP contribution in [-0.2, 0) is 4.79 Å². The molecule has 1 amide bonds. The first-order chi connectivity index (χ1) is 16.7. The zero-order valence-corrected chi connectivity index (χ0v) is 19.8. The van der Waals surface area contributed by atoms with Crippen molar-refractivity contribution in [1.82, 2.24) is 10.3 Å². The van der Waals surface area contributed by atoms with Gasteiger partial charge in [0.05, 0.1) is 15.9 Å². The lowest BCUT2D eigenvalue weighted by molar-refractivity contribution is -0.139. The Bertz CT molecular complexity index is 1390. The molecule has 4 rings (SSSR count). The smallest absolute Gasteiger partial charge is 0.326 e. The Labute approximate surface area is 204 Å². The standard InChI is InChI=1S/C26H23F2N3O3S/c1-14(2)11-22(25(33)34)29-24(32)16-5-3-15(4-6-16)17-7-9-20(19(28)12-17)30-26-31-21-10-8-18(27)13-23(21)35-26/h3-10,12-14,22H,11H2,1-2H3,(H,29,32)(H,30,31)(H,33,34)/t22-/m0/s1. The minimum atomic E-state index is -1.08. The van der Waals surface area contributed by atoms with Crippen LogP contribution in [0.5, 0.6) is 0 Å². The Balaban J connectivity index is 1.47. The summed E-state index contributed by atoms with van der Waals surface area (Å²) in [6.07, 6.45) is 0.326. The molecule has 180 valence electrons. The predicted molar refractivity (Wildman–Crippen MR) is 133 cm³/mol. The zero-order chi connectivity index (χ0) is 25.1. The van der Waals surface area contributed by atoms with Crippen LogP contribution in [0.15, 0.2) is 60.7 Å². The molecule has 0 aliphatic heterocycles. The zero-order valence-electron chi connectivity index (χ0n) is 19.0. The van der Waals surface area contributed by atoms with E-state index in [0.29, 0.717) is 38.5 Å². The molecule has 0 aliphatic carbocycles. The van der Waals surface area contributed by atoms with E-state index in [1.807, 2.05) is 13.8 Å². The van der Waals surface area contributed by atoms with Crippen molar-refractivity contribution in [3.63, 3.8) is 0 Å². The van der Waals surface area contributed by atoms with Crippen molar-refractivity contribution in [2.24, 2.45) is 5.92 Å². The lowest BCUT2D eigenvalue weighted by atomic mass is 10.0. The van der Waals surface area contributed by atoms with Gasteiger partial charge in [0.2, 0.25) is 0 Å². The third-order valence-electron chi connectivity index (χ3n) is 5.35. The number of thiazole rings is 1. The Morgan fingerprint density at radius 2 is 1.71 bits per heavy atom. The van der Waals surface area contributed by atoms with Gasteiger partial charge >= 0.3 is 5.97 Å². The molecule has 1 heterocycles. The van der Waals surface area contributed by atoms with Gasteiger partial charge in [0, 0.05) is 5.56 Å². The molecule has 0 bridgehead atoms. The van der Waals surface area contributed by atoms with Crippen LogP contribution >= 0.6 is 11.3 Å². The number of amides is 1. The predicted octanol–water partition coefficient (Wildman–Crippen LogP) is 6.21. The molecule has 0 saturated carbocycles. The van der Waals surface area contributed by atoms with Crippen LogP contribution in [0.2, 0.25) is 0 Å². The largest absolute Gasteiger partial charge is 0.480 e.